The Morgan fingerprint density at radius 3 is 2.67 bits per heavy atom. The van der Waals surface area contributed by atoms with E-state index >= 15 is 0 Å². The molecule has 1 aromatic carbocycles. The number of aryl methyl sites for hydroxylation is 1. The third-order valence-corrected chi connectivity index (χ3v) is 2.92. The number of carboxylic acids is 1. The fourth-order valence-corrected chi connectivity index (χ4v) is 1.76. The molecule has 0 radical (unpaired) electrons. The summed E-state index contributed by atoms with van der Waals surface area (Å²) in [6, 6.07) is 4.96. The molecule has 0 aliphatic rings. The van der Waals surface area contributed by atoms with Gasteiger partial charge >= 0.3 is 5.97 Å². The number of hydrogen-bond donors (Lipinski definition) is 1. The summed E-state index contributed by atoms with van der Waals surface area (Å²) in [5, 5.41) is 13.1. The molecule has 6 heteroatoms. The van der Waals surface area contributed by atoms with Crippen LogP contribution in [0.1, 0.15) is 48.4 Å². The highest BCUT2D eigenvalue weighted by Crippen LogP contribution is 2.25. The Balaban J connectivity index is 2.17. The predicted molar refractivity (Wildman–Crippen MR) is 75.5 cm³/mol. The van der Waals surface area contributed by atoms with Crippen molar-refractivity contribution in [2.24, 2.45) is 0 Å². The van der Waals surface area contributed by atoms with Gasteiger partial charge in [0.25, 0.3) is 5.89 Å². The predicted octanol–water partition coefficient (Wildman–Crippen LogP) is 2.95. The molecular formula is C15H18N2O4. The van der Waals surface area contributed by atoms with Crippen molar-refractivity contribution in [1.29, 1.82) is 0 Å². The van der Waals surface area contributed by atoms with Gasteiger partial charge in [-0.2, -0.15) is 4.98 Å². The van der Waals surface area contributed by atoms with Gasteiger partial charge in [0.15, 0.2) is 12.4 Å². The van der Waals surface area contributed by atoms with Crippen LogP contribution in [-0.2, 0) is 12.0 Å². The molecule has 0 spiro atoms. The Morgan fingerprint density at radius 2 is 2.10 bits per heavy atom. The molecule has 112 valence electrons. The standard InChI is InChI=1S/C15H18N2O4/c1-9-6-5-7-10(13(18)19)12(9)20-8-11-16-14(17-21-11)15(2,3)4/h5-7H,8H2,1-4H3,(H,18,19). The van der Waals surface area contributed by atoms with Crippen molar-refractivity contribution in [3.63, 3.8) is 0 Å². The molecule has 0 atom stereocenters. The first-order chi connectivity index (χ1) is 9.79. The van der Waals surface area contributed by atoms with Crippen LogP contribution in [0.25, 0.3) is 0 Å². The van der Waals surface area contributed by atoms with Crippen LogP contribution in [0, 0.1) is 6.92 Å². The van der Waals surface area contributed by atoms with Gasteiger partial charge in [0.2, 0.25) is 0 Å². The fraction of sp³-hybridized carbons (Fsp3) is 0.400. The number of hydrogen-bond acceptors (Lipinski definition) is 5. The number of aromatic nitrogens is 2. The molecule has 0 fully saturated rings. The number of aromatic carboxylic acids is 1. The molecule has 6 nitrogen and oxygen atoms in total. The zero-order valence-electron chi connectivity index (χ0n) is 12.5. The summed E-state index contributed by atoms with van der Waals surface area (Å²) in [7, 11) is 0. The summed E-state index contributed by atoms with van der Waals surface area (Å²) in [5.41, 5.74) is 0.646. The highest BCUT2D eigenvalue weighted by Gasteiger charge is 2.21. The second-order valence-corrected chi connectivity index (χ2v) is 5.81. The monoisotopic (exact) mass is 290 g/mol. The number of carbonyl (C=O) groups is 1. The molecule has 0 aliphatic heterocycles. The summed E-state index contributed by atoms with van der Waals surface area (Å²) in [4.78, 5) is 15.4. The third-order valence-electron chi connectivity index (χ3n) is 2.92. The van der Waals surface area contributed by atoms with E-state index in [0.29, 0.717) is 17.5 Å². The Bertz CT molecular complexity index is 656. The maximum Gasteiger partial charge on any atom is 0.339 e. The lowest BCUT2D eigenvalue weighted by Gasteiger charge is -2.11. The zero-order chi connectivity index (χ0) is 15.6. The van der Waals surface area contributed by atoms with Gasteiger partial charge in [0.05, 0.1) is 0 Å². The van der Waals surface area contributed by atoms with Crippen molar-refractivity contribution < 1.29 is 19.2 Å². The highest BCUT2D eigenvalue weighted by atomic mass is 16.5. The van der Waals surface area contributed by atoms with Crippen LogP contribution >= 0.6 is 0 Å². The fourth-order valence-electron chi connectivity index (χ4n) is 1.76. The van der Waals surface area contributed by atoms with Crippen molar-refractivity contribution in [1.82, 2.24) is 10.1 Å². The summed E-state index contributed by atoms with van der Waals surface area (Å²) < 4.78 is 10.7. The van der Waals surface area contributed by atoms with Crippen LogP contribution in [0.2, 0.25) is 0 Å². The number of benzene rings is 1. The SMILES string of the molecule is Cc1cccc(C(=O)O)c1OCc1nc(C(C)(C)C)no1. The summed E-state index contributed by atoms with van der Waals surface area (Å²) in [5.74, 6) is 0.193. The van der Waals surface area contributed by atoms with Crippen LogP contribution in [0.5, 0.6) is 5.75 Å². The van der Waals surface area contributed by atoms with E-state index in [4.69, 9.17) is 14.4 Å². The largest absolute Gasteiger partial charge is 0.483 e. The van der Waals surface area contributed by atoms with Crippen LogP contribution in [0.3, 0.4) is 0 Å². The lowest BCUT2D eigenvalue weighted by atomic mass is 9.96. The quantitative estimate of drug-likeness (QED) is 0.931. The van der Waals surface area contributed by atoms with E-state index < -0.39 is 5.97 Å². The van der Waals surface area contributed by atoms with E-state index in [1.807, 2.05) is 20.8 Å². The van der Waals surface area contributed by atoms with Gasteiger partial charge in [-0.05, 0) is 18.6 Å². The average molecular weight is 290 g/mol. The molecule has 1 aromatic heterocycles. The number of rotatable bonds is 4. The number of nitrogens with zero attached hydrogens (tertiary/aromatic N) is 2. The summed E-state index contributed by atoms with van der Waals surface area (Å²) >= 11 is 0. The highest BCUT2D eigenvalue weighted by molar-refractivity contribution is 5.91. The molecule has 0 saturated heterocycles. The molecule has 0 saturated carbocycles. The van der Waals surface area contributed by atoms with Crippen molar-refractivity contribution in [3.8, 4) is 5.75 Å². The molecular weight excluding hydrogens is 272 g/mol. The van der Waals surface area contributed by atoms with E-state index in [-0.39, 0.29) is 17.6 Å². The Kier molecular flexibility index (Phi) is 3.97. The van der Waals surface area contributed by atoms with E-state index in [9.17, 15) is 4.79 Å². The Hall–Kier alpha value is -2.37. The minimum Gasteiger partial charge on any atom is -0.483 e. The number of ether oxygens (including phenoxy) is 1. The lowest BCUT2D eigenvalue weighted by Crippen LogP contribution is -2.13. The maximum atomic E-state index is 11.2. The minimum atomic E-state index is -1.03. The average Bonchev–Trinajstić information content (AvgIpc) is 2.85. The van der Waals surface area contributed by atoms with Crippen molar-refractivity contribution in [2.45, 2.75) is 39.7 Å². The first kappa shape index (κ1) is 15.0. The molecule has 0 aliphatic carbocycles. The van der Waals surface area contributed by atoms with Crippen LogP contribution in [0.4, 0.5) is 0 Å². The van der Waals surface area contributed by atoms with E-state index in [2.05, 4.69) is 10.1 Å². The van der Waals surface area contributed by atoms with Gasteiger partial charge in [-0.25, -0.2) is 4.79 Å². The van der Waals surface area contributed by atoms with Gasteiger partial charge in [-0.3, -0.25) is 0 Å². The van der Waals surface area contributed by atoms with E-state index in [1.54, 1.807) is 19.1 Å². The van der Waals surface area contributed by atoms with Crippen molar-refractivity contribution >= 4 is 5.97 Å². The van der Waals surface area contributed by atoms with Crippen molar-refractivity contribution in [2.75, 3.05) is 0 Å². The van der Waals surface area contributed by atoms with Gasteiger partial charge < -0.3 is 14.4 Å². The zero-order valence-corrected chi connectivity index (χ0v) is 12.5. The van der Waals surface area contributed by atoms with Crippen molar-refractivity contribution in [3.05, 3.63) is 41.0 Å². The number of carboxylic acid groups (broad SMARTS) is 1. The minimum absolute atomic E-state index is 0.0359. The second-order valence-electron chi connectivity index (χ2n) is 5.81. The Labute approximate surface area is 122 Å². The molecule has 21 heavy (non-hydrogen) atoms. The summed E-state index contributed by atoms with van der Waals surface area (Å²) in [6.07, 6.45) is 0. The molecule has 2 aromatic rings. The molecule has 0 bridgehead atoms. The van der Waals surface area contributed by atoms with Crippen LogP contribution in [-0.4, -0.2) is 21.2 Å². The van der Waals surface area contributed by atoms with Gasteiger partial charge in [-0.15, -0.1) is 0 Å². The first-order valence-electron chi connectivity index (χ1n) is 6.58. The molecule has 0 amide bonds. The number of para-hydroxylation sites is 1. The van der Waals surface area contributed by atoms with Crippen LogP contribution < -0.4 is 4.74 Å². The van der Waals surface area contributed by atoms with Gasteiger partial charge in [0, 0.05) is 5.41 Å². The van der Waals surface area contributed by atoms with Crippen LogP contribution in [0.15, 0.2) is 22.7 Å². The molecule has 1 heterocycles. The summed E-state index contributed by atoms with van der Waals surface area (Å²) in [6.45, 7) is 7.76. The molecule has 0 unspecified atom stereocenters. The van der Waals surface area contributed by atoms with Gasteiger partial charge in [-0.1, -0.05) is 38.1 Å². The van der Waals surface area contributed by atoms with Gasteiger partial charge in [0.1, 0.15) is 11.3 Å². The Morgan fingerprint density at radius 1 is 1.38 bits per heavy atom. The van der Waals surface area contributed by atoms with E-state index in [0.717, 1.165) is 5.56 Å². The lowest BCUT2D eigenvalue weighted by molar-refractivity contribution is 0.0690. The third kappa shape index (κ3) is 3.39. The maximum absolute atomic E-state index is 11.2. The smallest absolute Gasteiger partial charge is 0.339 e. The normalized spacial score (nSPS) is 11.4. The second kappa shape index (κ2) is 5.55. The first-order valence-corrected chi connectivity index (χ1v) is 6.58. The molecule has 1 N–H and O–H groups in total. The van der Waals surface area contributed by atoms with E-state index in [1.165, 1.54) is 6.07 Å². The molecule has 2 rings (SSSR count). The topological polar surface area (TPSA) is 85.5 Å².